The number of hydrogen-bond acceptors (Lipinski definition) is 8. The van der Waals surface area contributed by atoms with Gasteiger partial charge in [0.05, 0.1) is 32.1 Å². The van der Waals surface area contributed by atoms with Gasteiger partial charge in [-0.25, -0.2) is 0 Å². The molecule has 5 aromatic rings. The Labute approximate surface area is 211 Å². The van der Waals surface area contributed by atoms with Crippen LogP contribution in [0.5, 0.6) is 0 Å². The van der Waals surface area contributed by atoms with Crippen molar-refractivity contribution >= 4 is 82.8 Å². The molecule has 0 aliphatic carbocycles. The number of amides is 1. The van der Waals surface area contributed by atoms with Gasteiger partial charge in [-0.1, -0.05) is 79.8 Å². The van der Waals surface area contributed by atoms with Crippen LogP contribution in [-0.4, -0.2) is 26.3 Å². The number of carbonyl (C=O) groups is 1. The van der Waals surface area contributed by atoms with E-state index in [1.54, 1.807) is 32.0 Å². The fourth-order valence-electron chi connectivity index (χ4n) is 4.43. The number of thiazole rings is 1. The summed E-state index contributed by atoms with van der Waals surface area (Å²) in [5.41, 5.74) is 4.83. The summed E-state index contributed by atoms with van der Waals surface area (Å²) < 4.78 is 4.09. The molecule has 0 fully saturated rings. The van der Waals surface area contributed by atoms with E-state index in [4.69, 9.17) is 12.2 Å². The standard InChI is InChI=1S/C23H18N4OS5/c1-12-8-9-14-13(10-12)18-19(32-33-20(18)29)23(2,3)27(14)17(28)11-30-21-24-25-22-26(21)15-6-4-5-7-16(15)31-22/h4-10H,11H2,1-3H3. The molecule has 0 bridgehead atoms. The van der Waals surface area contributed by atoms with E-state index in [0.717, 1.165) is 51.4 Å². The Morgan fingerprint density at radius 3 is 2.82 bits per heavy atom. The van der Waals surface area contributed by atoms with Gasteiger partial charge < -0.3 is 4.90 Å². The average molecular weight is 527 g/mol. The molecule has 2 aromatic carbocycles. The Morgan fingerprint density at radius 2 is 1.97 bits per heavy atom. The zero-order valence-corrected chi connectivity index (χ0v) is 22.1. The van der Waals surface area contributed by atoms with Crippen LogP contribution >= 0.6 is 56.0 Å². The molecule has 6 rings (SSSR count). The minimum Gasteiger partial charge on any atom is -0.301 e. The Balaban J connectivity index is 1.38. The van der Waals surface area contributed by atoms with E-state index < -0.39 is 5.54 Å². The van der Waals surface area contributed by atoms with Gasteiger partial charge in [0.15, 0.2) is 5.16 Å². The molecule has 0 saturated carbocycles. The van der Waals surface area contributed by atoms with Crippen molar-refractivity contribution in [2.75, 3.05) is 10.7 Å². The topological polar surface area (TPSA) is 50.5 Å². The highest BCUT2D eigenvalue weighted by Gasteiger charge is 2.42. The number of aromatic nitrogens is 3. The van der Waals surface area contributed by atoms with Gasteiger partial charge >= 0.3 is 0 Å². The first kappa shape index (κ1) is 21.4. The van der Waals surface area contributed by atoms with Gasteiger partial charge in [-0.15, -0.1) is 10.2 Å². The third kappa shape index (κ3) is 3.23. The number of aryl methyl sites for hydroxylation is 1. The lowest BCUT2D eigenvalue weighted by Gasteiger charge is -2.43. The molecule has 1 aliphatic heterocycles. The first-order valence-electron chi connectivity index (χ1n) is 10.3. The molecule has 3 aromatic heterocycles. The summed E-state index contributed by atoms with van der Waals surface area (Å²) in [5.74, 6) is 0.313. The molecule has 10 heteroatoms. The fraction of sp³-hybridized carbons (Fsp3) is 0.217. The number of benzene rings is 2. The summed E-state index contributed by atoms with van der Waals surface area (Å²) >= 11 is 8.72. The number of rotatable bonds is 3. The van der Waals surface area contributed by atoms with Gasteiger partial charge in [0.2, 0.25) is 10.9 Å². The van der Waals surface area contributed by atoms with E-state index in [1.807, 2.05) is 21.4 Å². The maximum absolute atomic E-state index is 13.7. The van der Waals surface area contributed by atoms with E-state index in [9.17, 15) is 4.79 Å². The lowest BCUT2D eigenvalue weighted by Crippen LogP contribution is -2.48. The maximum atomic E-state index is 13.7. The van der Waals surface area contributed by atoms with E-state index >= 15 is 0 Å². The van der Waals surface area contributed by atoms with Crippen molar-refractivity contribution < 1.29 is 4.79 Å². The van der Waals surface area contributed by atoms with Crippen LogP contribution < -0.4 is 4.90 Å². The largest absolute Gasteiger partial charge is 0.301 e. The molecule has 0 unspecified atom stereocenters. The van der Waals surface area contributed by atoms with Crippen LogP contribution in [0.3, 0.4) is 0 Å². The molecule has 0 atom stereocenters. The number of carbonyl (C=O) groups excluding carboxylic acids is 1. The van der Waals surface area contributed by atoms with Crippen molar-refractivity contribution in [1.82, 2.24) is 14.6 Å². The van der Waals surface area contributed by atoms with Crippen LogP contribution in [0.2, 0.25) is 0 Å². The molecule has 1 aliphatic rings. The van der Waals surface area contributed by atoms with Crippen LogP contribution in [0.15, 0.2) is 47.6 Å². The molecule has 5 nitrogen and oxygen atoms in total. The molecule has 4 heterocycles. The molecular weight excluding hydrogens is 509 g/mol. The number of para-hydroxylation sites is 1. The highest BCUT2D eigenvalue weighted by Crippen LogP contribution is 2.52. The summed E-state index contributed by atoms with van der Waals surface area (Å²) in [5, 5.41) is 9.43. The van der Waals surface area contributed by atoms with Crippen LogP contribution in [0, 0.1) is 10.7 Å². The first-order valence-corrected chi connectivity index (χ1v) is 14.7. The third-order valence-electron chi connectivity index (χ3n) is 5.89. The predicted molar refractivity (Wildman–Crippen MR) is 143 cm³/mol. The van der Waals surface area contributed by atoms with Crippen molar-refractivity contribution in [1.29, 1.82) is 0 Å². The van der Waals surface area contributed by atoms with E-state index in [1.165, 1.54) is 11.8 Å². The Kier molecular flexibility index (Phi) is 5.00. The lowest BCUT2D eigenvalue weighted by molar-refractivity contribution is -0.117. The summed E-state index contributed by atoms with van der Waals surface area (Å²) in [6.07, 6.45) is 0. The molecule has 0 spiro atoms. The second-order valence-electron chi connectivity index (χ2n) is 8.43. The van der Waals surface area contributed by atoms with Crippen molar-refractivity contribution in [3.63, 3.8) is 0 Å². The molecule has 33 heavy (non-hydrogen) atoms. The second-order valence-corrected chi connectivity index (χ2v) is 13.2. The molecular formula is C23H18N4OS5. The van der Waals surface area contributed by atoms with E-state index in [2.05, 4.69) is 61.3 Å². The quantitative estimate of drug-likeness (QED) is 0.142. The van der Waals surface area contributed by atoms with Crippen molar-refractivity contribution in [2.45, 2.75) is 31.5 Å². The van der Waals surface area contributed by atoms with Crippen LogP contribution in [0.25, 0.3) is 26.3 Å². The highest BCUT2D eigenvalue weighted by atomic mass is 32.9. The Bertz CT molecular complexity index is 1620. The Hall–Kier alpha value is -2.11. The molecule has 1 amide bonds. The zero-order chi connectivity index (χ0) is 22.9. The smallest absolute Gasteiger partial charge is 0.238 e. The minimum atomic E-state index is -0.483. The van der Waals surface area contributed by atoms with Gasteiger partial charge in [0, 0.05) is 11.1 Å². The van der Waals surface area contributed by atoms with Crippen molar-refractivity contribution in [2.24, 2.45) is 0 Å². The first-order chi connectivity index (χ1) is 15.9. The van der Waals surface area contributed by atoms with Crippen molar-refractivity contribution in [3.8, 4) is 11.1 Å². The van der Waals surface area contributed by atoms with Crippen LogP contribution in [-0.2, 0) is 10.3 Å². The summed E-state index contributed by atoms with van der Waals surface area (Å²) in [7, 11) is 3.29. The average Bonchev–Trinajstić information content (AvgIpc) is 3.46. The summed E-state index contributed by atoms with van der Waals surface area (Å²) in [4.78, 5) is 17.7. The predicted octanol–water partition coefficient (Wildman–Crippen LogP) is 7.15. The van der Waals surface area contributed by atoms with Gasteiger partial charge in [0.1, 0.15) is 3.82 Å². The van der Waals surface area contributed by atoms with Gasteiger partial charge in [-0.2, -0.15) is 0 Å². The zero-order valence-electron chi connectivity index (χ0n) is 18.0. The number of hydrogen-bond donors (Lipinski definition) is 0. The monoisotopic (exact) mass is 526 g/mol. The number of anilines is 1. The Morgan fingerprint density at radius 1 is 1.15 bits per heavy atom. The number of thioether (sulfide) groups is 1. The summed E-state index contributed by atoms with van der Waals surface area (Å²) in [6.45, 7) is 6.29. The van der Waals surface area contributed by atoms with E-state index in [0.29, 0.717) is 0 Å². The fourth-order valence-corrected chi connectivity index (χ4v) is 9.53. The lowest BCUT2D eigenvalue weighted by atomic mass is 9.87. The number of fused-ring (bicyclic) bond motifs is 6. The third-order valence-corrected chi connectivity index (χ3v) is 11.1. The van der Waals surface area contributed by atoms with E-state index in [-0.39, 0.29) is 11.7 Å². The maximum Gasteiger partial charge on any atom is 0.238 e. The highest BCUT2D eigenvalue weighted by molar-refractivity contribution is 7.99. The second kappa shape index (κ2) is 7.71. The molecule has 0 saturated heterocycles. The van der Waals surface area contributed by atoms with Gasteiger partial charge in [-0.05, 0) is 45.0 Å². The van der Waals surface area contributed by atoms with Crippen LogP contribution in [0.1, 0.15) is 24.3 Å². The number of nitrogens with zero attached hydrogens (tertiary/aromatic N) is 4. The van der Waals surface area contributed by atoms with Gasteiger partial charge in [0.25, 0.3) is 0 Å². The normalized spacial score (nSPS) is 14.6. The van der Waals surface area contributed by atoms with Crippen molar-refractivity contribution in [3.05, 3.63) is 56.7 Å². The SMILES string of the molecule is Cc1ccc2c(c1)-c1c(ssc1=S)C(C)(C)N2C(=O)CSc1nnc2sc3ccccc3n12. The minimum absolute atomic E-state index is 0.0429. The summed E-state index contributed by atoms with van der Waals surface area (Å²) in [6, 6.07) is 14.4. The molecule has 166 valence electrons. The molecule has 0 radical (unpaired) electrons. The van der Waals surface area contributed by atoms with Gasteiger partial charge in [-0.3, -0.25) is 9.20 Å². The molecule has 0 N–H and O–H groups in total. The van der Waals surface area contributed by atoms with Crippen LogP contribution in [0.4, 0.5) is 5.69 Å².